The van der Waals surface area contributed by atoms with Crippen LogP contribution in [0.25, 0.3) is 10.8 Å². The van der Waals surface area contributed by atoms with Crippen molar-refractivity contribution in [2.24, 2.45) is 0 Å². The van der Waals surface area contributed by atoms with Gasteiger partial charge in [0, 0.05) is 36.2 Å². The van der Waals surface area contributed by atoms with Crippen molar-refractivity contribution in [3.63, 3.8) is 0 Å². The largest absolute Gasteiger partial charge is 0.432 e. The Balaban J connectivity index is 0.000000855. The molecule has 0 saturated carbocycles. The Morgan fingerprint density at radius 1 is 0.852 bits per heavy atom. The van der Waals surface area contributed by atoms with Gasteiger partial charge in [0.1, 0.15) is 0 Å². The maximum atomic E-state index is 12.8. The second-order valence-corrected chi connectivity index (χ2v) is 7.29. The average Bonchev–Trinajstić information content (AvgIpc) is 2.61. The van der Waals surface area contributed by atoms with Gasteiger partial charge in [0.2, 0.25) is 0 Å². The topological polar surface area (TPSA) is 89.9 Å². The molecule has 0 aromatic heterocycles. The molecule has 0 fully saturated rings. The van der Waals surface area contributed by atoms with Gasteiger partial charge in [0.25, 0.3) is 10.0 Å². The van der Waals surface area contributed by atoms with E-state index in [1.165, 1.54) is 0 Å². The molecule has 0 radical (unpaired) electrons. The van der Waals surface area contributed by atoms with Crippen LogP contribution in [0, 0.1) is 0 Å². The highest BCUT2D eigenvalue weighted by Gasteiger charge is 2.18. The number of fused-ring (bicyclic) bond motifs is 1. The lowest BCUT2D eigenvalue weighted by Crippen LogP contribution is -2.14. The Bertz CT molecular complexity index is 970. The zero-order valence-corrected chi connectivity index (χ0v) is 16.7. The van der Waals surface area contributed by atoms with Crippen LogP contribution in [0.15, 0.2) is 71.6 Å². The number of rotatable bonds is 4. The molecule has 0 saturated heterocycles. The fourth-order valence-electron chi connectivity index (χ4n) is 2.61. The molecular weight excluding hydrogens is 387 g/mol. The molecule has 3 aromatic carbocycles. The SMILES string of the molecule is CN(C)c1cccc2c(S(=O)(=O)Nc3ccccc3)cccc12.Cl.OBO. The third kappa shape index (κ3) is 5.61. The summed E-state index contributed by atoms with van der Waals surface area (Å²) in [4.78, 5) is 2.26. The number of halogens is 1. The monoisotopic (exact) mass is 408 g/mol. The van der Waals surface area contributed by atoms with Gasteiger partial charge in [-0.05, 0) is 24.3 Å². The third-order valence-corrected chi connectivity index (χ3v) is 5.10. The van der Waals surface area contributed by atoms with E-state index in [0.29, 0.717) is 11.1 Å². The summed E-state index contributed by atoms with van der Waals surface area (Å²) in [5.74, 6) is 0. The van der Waals surface area contributed by atoms with E-state index in [4.69, 9.17) is 10.0 Å². The second kappa shape index (κ2) is 10.2. The number of hydrogen-bond acceptors (Lipinski definition) is 5. The van der Waals surface area contributed by atoms with Gasteiger partial charge in [-0.3, -0.25) is 4.72 Å². The van der Waals surface area contributed by atoms with Crippen molar-refractivity contribution in [1.29, 1.82) is 0 Å². The van der Waals surface area contributed by atoms with Crippen LogP contribution in [0.1, 0.15) is 0 Å². The fourth-order valence-corrected chi connectivity index (χ4v) is 3.89. The van der Waals surface area contributed by atoms with Gasteiger partial charge >= 0.3 is 7.69 Å². The first-order valence-corrected chi connectivity index (χ1v) is 9.37. The van der Waals surface area contributed by atoms with Crippen molar-refractivity contribution >= 4 is 52.3 Å². The first-order chi connectivity index (χ1) is 12.4. The predicted molar refractivity (Wildman–Crippen MR) is 114 cm³/mol. The summed E-state index contributed by atoms with van der Waals surface area (Å²) in [7, 11) is -0.516. The summed E-state index contributed by atoms with van der Waals surface area (Å²) in [6.07, 6.45) is 0. The van der Waals surface area contributed by atoms with Crippen LogP contribution in [0.5, 0.6) is 0 Å². The first kappa shape index (κ1) is 22.8. The van der Waals surface area contributed by atoms with E-state index in [9.17, 15) is 8.42 Å². The van der Waals surface area contributed by atoms with Gasteiger partial charge in [0.05, 0.1) is 4.90 Å². The Kier molecular flexibility index (Phi) is 8.59. The number of sulfonamides is 1. The molecule has 0 amide bonds. The number of nitrogens with one attached hydrogen (secondary N) is 1. The highest BCUT2D eigenvalue weighted by molar-refractivity contribution is 7.93. The van der Waals surface area contributed by atoms with E-state index < -0.39 is 17.7 Å². The zero-order chi connectivity index (χ0) is 19.2. The minimum Gasteiger partial charge on any atom is -0.430 e. The molecule has 9 heteroatoms. The number of nitrogens with zero attached hydrogens (tertiary/aromatic N) is 1. The number of hydrogen-bond donors (Lipinski definition) is 3. The molecular formula is C18H22BClN2O4S. The predicted octanol–water partition coefficient (Wildman–Crippen LogP) is 2.37. The summed E-state index contributed by atoms with van der Waals surface area (Å²) in [6.45, 7) is 0. The number of benzene rings is 3. The number of para-hydroxylation sites is 1. The molecule has 0 bridgehead atoms. The summed E-state index contributed by atoms with van der Waals surface area (Å²) in [5, 5.41) is 15.9. The summed E-state index contributed by atoms with van der Waals surface area (Å²) in [5.41, 5.74) is 1.53. The molecule has 0 spiro atoms. The van der Waals surface area contributed by atoms with Crippen LogP contribution in [0.4, 0.5) is 11.4 Å². The Labute approximate surface area is 166 Å². The van der Waals surface area contributed by atoms with Gasteiger partial charge in [-0.1, -0.05) is 42.5 Å². The lowest BCUT2D eigenvalue weighted by atomic mass is 10.1. The van der Waals surface area contributed by atoms with E-state index in [1.54, 1.807) is 36.4 Å². The minimum absolute atomic E-state index is 0. The summed E-state index contributed by atoms with van der Waals surface area (Å²) >= 11 is 0. The average molecular weight is 409 g/mol. The van der Waals surface area contributed by atoms with Crippen molar-refractivity contribution in [2.45, 2.75) is 4.90 Å². The van der Waals surface area contributed by atoms with Gasteiger partial charge in [-0.25, -0.2) is 8.42 Å². The normalized spacial score (nSPS) is 10.2. The van der Waals surface area contributed by atoms with Crippen LogP contribution in [-0.2, 0) is 10.0 Å². The maximum absolute atomic E-state index is 12.8. The summed E-state index contributed by atoms with van der Waals surface area (Å²) in [6, 6.07) is 19.9. The highest BCUT2D eigenvalue weighted by atomic mass is 35.5. The third-order valence-electron chi connectivity index (χ3n) is 3.66. The highest BCUT2D eigenvalue weighted by Crippen LogP contribution is 2.30. The Morgan fingerprint density at radius 3 is 2.00 bits per heavy atom. The smallest absolute Gasteiger partial charge is 0.430 e. The van der Waals surface area contributed by atoms with Gasteiger partial charge in [-0.2, -0.15) is 0 Å². The standard InChI is InChI=1S/C18H18N2O2S.BH3O2.ClH/c1-20(2)17-12-6-11-16-15(17)10-7-13-18(16)23(21,22)19-14-8-4-3-5-9-14;2-1-3;/h3-13,19H,1-2H3;1-3H;1H. The lowest BCUT2D eigenvalue weighted by Gasteiger charge is -2.17. The van der Waals surface area contributed by atoms with Crippen molar-refractivity contribution in [3.8, 4) is 0 Å². The van der Waals surface area contributed by atoms with Crippen LogP contribution < -0.4 is 9.62 Å². The van der Waals surface area contributed by atoms with E-state index in [2.05, 4.69) is 4.72 Å². The molecule has 6 nitrogen and oxygen atoms in total. The van der Waals surface area contributed by atoms with Gasteiger partial charge in [0.15, 0.2) is 0 Å². The van der Waals surface area contributed by atoms with Crippen LogP contribution in [-0.4, -0.2) is 40.2 Å². The van der Waals surface area contributed by atoms with Crippen LogP contribution in [0.2, 0.25) is 0 Å². The van der Waals surface area contributed by atoms with Crippen molar-refractivity contribution in [1.82, 2.24) is 0 Å². The second-order valence-electron chi connectivity index (χ2n) is 5.64. The van der Waals surface area contributed by atoms with Crippen molar-refractivity contribution in [2.75, 3.05) is 23.7 Å². The fraction of sp³-hybridized carbons (Fsp3) is 0.111. The molecule has 0 heterocycles. The quantitative estimate of drug-likeness (QED) is 0.577. The zero-order valence-electron chi connectivity index (χ0n) is 15.0. The maximum Gasteiger partial charge on any atom is 0.432 e. The van der Waals surface area contributed by atoms with E-state index in [-0.39, 0.29) is 17.3 Å². The van der Waals surface area contributed by atoms with E-state index in [0.717, 1.165) is 11.1 Å². The lowest BCUT2D eigenvalue weighted by molar-refractivity contribution is 0.448. The number of anilines is 2. The molecule has 0 atom stereocenters. The molecule has 0 aliphatic heterocycles. The Morgan fingerprint density at radius 2 is 1.41 bits per heavy atom. The molecule has 0 unspecified atom stereocenters. The van der Waals surface area contributed by atoms with Gasteiger partial charge < -0.3 is 14.9 Å². The molecule has 0 aliphatic rings. The molecule has 0 aliphatic carbocycles. The van der Waals surface area contributed by atoms with Crippen LogP contribution in [0.3, 0.4) is 0 Å². The van der Waals surface area contributed by atoms with Crippen LogP contribution >= 0.6 is 12.4 Å². The molecule has 3 aromatic rings. The van der Waals surface area contributed by atoms with Gasteiger partial charge in [-0.15, -0.1) is 12.4 Å². The van der Waals surface area contributed by atoms with Crippen molar-refractivity contribution in [3.05, 3.63) is 66.7 Å². The van der Waals surface area contributed by atoms with Crippen molar-refractivity contribution < 1.29 is 18.5 Å². The minimum atomic E-state index is -3.65. The molecule has 3 rings (SSSR count). The van der Waals surface area contributed by atoms with E-state index >= 15 is 0 Å². The molecule has 27 heavy (non-hydrogen) atoms. The Hall–Kier alpha value is -2.26. The first-order valence-electron chi connectivity index (χ1n) is 7.89. The summed E-state index contributed by atoms with van der Waals surface area (Å²) < 4.78 is 28.2. The van der Waals surface area contributed by atoms with E-state index in [1.807, 2.05) is 49.3 Å². The molecule has 3 N–H and O–H groups in total. The molecule has 144 valence electrons.